The second-order valence-corrected chi connectivity index (χ2v) is 12.1. The van der Waals surface area contributed by atoms with Crippen LogP contribution in [0.1, 0.15) is 80.0 Å². The number of hydrogen-bond acceptors (Lipinski definition) is 5. The molecule has 2 N–H and O–H groups in total. The number of fused-ring (bicyclic) bond motifs is 1. The molecule has 0 radical (unpaired) electrons. The van der Waals surface area contributed by atoms with Gasteiger partial charge in [0.15, 0.2) is 0 Å². The molecular formula is C29H35F2N5O2S. The van der Waals surface area contributed by atoms with Gasteiger partial charge in [-0.2, -0.15) is 0 Å². The topological polar surface area (TPSA) is 79.3 Å². The molecule has 0 spiro atoms. The van der Waals surface area contributed by atoms with Crippen molar-refractivity contribution in [2.45, 2.75) is 72.5 Å². The zero-order valence-electron chi connectivity index (χ0n) is 23.0. The van der Waals surface area contributed by atoms with Gasteiger partial charge in [-0.15, -0.1) is 11.3 Å². The molecule has 3 heterocycles. The van der Waals surface area contributed by atoms with Crippen molar-refractivity contribution < 1.29 is 18.4 Å². The Balaban J connectivity index is 1.67. The normalized spacial score (nSPS) is 16.7. The number of hydrogen-bond donors (Lipinski definition) is 2. The number of rotatable bonds is 7. The monoisotopic (exact) mass is 555 g/mol. The number of alkyl halides is 2. The molecule has 39 heavy (non-hydrogen) atoms. The number of piperidine rings is 1. The van der Waals surface area contributed by atoms with Crippen LogP contribution in [0.25, 0.3) is 11.0 Å². The van der Waals surface area contributed by atoms with E-state index < -0.39 is 12.3 Å². The smallest absolute Gasteiger partial charge is 0.298 e. The molecule has 1 saturated heterocycles. The maximum Gasteiger partial charge on any atom is 0.298 e. The van der Waals surface area contributed by atoms with Gasteiger partial charge in [-0.3, -0.25) is 14.9 Å². The van der Waals surface area contributed by atoms with Crippen LogP contribution in [0.5, 0.6) is 0 Å². The Bertz CT molecular complexity index is 1410. The molecular weight excluding hydrogens is 520 g/mol. The number of thiophene rings is 1. The average molecular weight is 556 g/mol. The summed E-state index contributed by atoms with van der Waals surface area (Å²) in [6, 6.07) is 8.86. The van der Waals surface area contributed by atoms with Gasteiger partial charge in [0.05, 0.1) is 26.8 Å². The van der Waals surface area contributed by atoms with E-state index in [1.165, 1.54) is 12.1 Å². The van der Waals surface area contributed by atoms with Gasteiger partial charge in [0.25, 0.3) is 18.2 Å². The average Bonchev–Trinajstić information content (AvgIpc) is 3.52. The highest BCUT2D eigenvalue weighted by Gasteiger charge is 2.28. The summed E-state index contributed by atoms with van der Waals surface area (Å²) in [5, 5.41) is 6.42. The Morgan fingerprint density at radius 3 is 2.67 bits per heavy atom. The van der Waals surface area contributed by atoms with Crippen LogP contribution in [-0.2, 0) is 11.3 Å². The van der Waals surface area contributed by atoms with E-state index in [1.807, 2.05) is 22.8 Å². The fourth-order valence-corrected chi connectivity index (χ4v) is 5.34. The summed E-state index contributed by atoms with van der Waals surface area (Å²) < 4.78 is 28.2. The largest absolute Gasteiger partial charge is 0.330 e. The number of amides is 2. The van der Waals surface area contributed by atoms with E-state index in [0.29, 0.717) is 37.1 Å². The quantitative estimate of drug-likeness (QED) is 0.351. The van der Waals surface area contributed by atoms with Crippen molar-refractivity contribution in [1.29, 1.82) is 0 Å². The number of nitrogens with zero attached hydrogens (tertiary/aromatic N) is 3. The first-order chi connectivity index (χ1) is 18.5. The van der Waals surface area contributed by atoms with Gasteiger partial charge in [-0.05, 0) is 67.9 Å². The Kier molecular flexibility index (Phi) is 8.72. The van der Waals surface area contributed by atoms with Crippen LogP contribution in [0.4, 0.5) is 14.7 Å². The molecule has 1 aliphatic heterocycles. The van der Waals surface area contributed by atoms with Crippen molar-refractivity contribution in [3.8, 4) is 11.8 Å². The van der Waals surface area contributed by atoms with Crippen LogP contribution in [0.2, 0.25) is 0 Å². The second-order valence-electron chi connectivity index (χ2n) is 11.0. The van der Waals surface area contributed by atoms with Crippen LogP contribution in [0, 0.1) is 17.3 Å². The van der Waals surface area contributed by atoms with Gasteiger partial charge in [0.2, 0.25) is 5.95 Å². The lowest BCUT2D eigenvalue weighted by Gasteiger charge is -2.33. The number of carbonyl (C=O) groups excluding carboxylic acids is 2. The molecule has 4 rings (SSSR count). The number of benzene rings is 1. The standard InChI is InChI=1S/C29H35F2N5O2S/c1-6-8-25(37)35-14-7-9-20(17-35)36-22-11-10-19(16-32-18(2)29(3,4)5)15-21(22)33-28(36)34-27(38)24-13-12-23(39-24)26(30)31/h10-13,15,18,20,26,32H,7,9,14,16-17H2,1-5H3,(H,33,34,38)/t18-,20?/m0/s1. The van der Waals surface area contributed by atoms with E-state index in [4.69, 9.17) is 4.98 Å². The summed E-state index contributed by atoms with van der Waals surface area (Å²) >= 11 is 0.765. The second kappa shape index (κ2) is 11.8. The van der Waals surface area contributed by atoms with Crippen LogP contribution in [0.3, 0.4) is 0 Å². The number of nitrogens with one attached hydrogen (secondary N) is 2. The molecule has 1 aliphatic rings. The molecule has 0 saturated carbocycles. The van der Waals surface area contributed by atoms with Crippen LogP contribution in [0.15, 0.2) is 30.3 Å². The molecule has 7 nitrogen and oxygen atoms in total. The van der Waals surface area contributed by atoms with E-state index in [1.54, 1.807) is 11.8 Å². The molecule has 1 fully saturated rings. The Morgan fingerprint density at radius 1 is 1.23 bits per heavy atom. The number of aromatic nitrogens is 2. The molecule has 10 heteroatoms. The minimum absolute atomic E-state index is 0.113. The number of carbonyl (C=O) groups is 2. The number of likely N-dealkylation sites (tertiary alicyclic amines) is 1. The van der Waals surface area contributed by atoms with E-state index in [-0.39, 0.29) is 27.1 Å². The zero-order valence-corrected chi connectivity index (χ0v) is 23.8. The van der Waals surface area contributed by atoms with Crippen molar-refractivity contribution in [3.05, 3.63) is 45.6 Å². The third-order valence-corrected chi connectivity index (χ3v) is 8.33. The lowest BCUT2D eigenvalue weighted by Crippen LogP contribution is -2.40. The van der Waals surface area contributed by atoms with Gasteiger partial charge < -0.3 is 14.8 Å². The predicted octanol–water partition coefficient (Wildman–Crippen LogP) is 6.00. The van der Waals surface area contributed by atoms with Gasteiger partial charge >= 0.3 is 0 Å². The summed E-state index contributed by atoms with van der Waals surface area (Å²) in [6.45, 7) is 12.1. The highest BCUT2D eigenvalue weighted by molar-refractivity contribution is 7.14. The molecule has 1 unspecified atom stereocenters. The molecule has 208 valence electrons. The van der Waals surface area contributed by atoms with Crippen LogP contribution in [-0.4, -0.2) is 45.4 Å². The lowest BCUT2D eigenvalue weighted by molar-refractivity contribution is -0.126. The molecule has 1 aromatic carbocycles. The Labute approximate surface area is 232 Å². The summed E-state index contributed by atoms with van der Waals surface area (Å²) in [4.78, 5) is 32.1. The van der Waals surface area contributed by atoms with E-state index in [2.05, 4.69) is 50.2 Å². The molecule has 2 amide bonds. The fourth-order valence-electron chi connectivity index (χ4n) is 4.58. The maximum absolute atomic E-state index is 13.1. The third kappa shape index (κ3) is 6.65. The highest BCUT2D eigenvalue weighted by Crippen LogP contribution is 2.32. The molecule has 2 atom stereocenters. The molecule has 3 aromatic rings. The minimum atomic E-state index is -2.63. The molecule has 2 aromatic heterocycles. The maximum atomic E-state index is 13.1. The summed E-state index contributed by atoms with van der Waals surface area (Å²) in [5.41, 5.74) is 2.71. The molecule has 0 bridgehead atoms. The number of imidazole rings is 1. The van der Waals surface area contributed by atoms with Crippen LogP contribution < -0.4 is 10.6 Å². The van der Waals surface area contributed by atoms with Crippen molar-refractivity contribution in [2.75, 3.05) is 18.4 Å². The van der Waals surface area contributed by atoms with Gasteiger partial charge in [0, 0.05) is 25.7 Å². The first-order valence-electron chi connectivity index (χ1n) is 13.1. The minimum Gasteiger partial charge on any atom is -0.330 e. The SMILES string of the molecule is CC#CC(=O)N1CCCC(n2c(NC(=O)c3ccc(C(F)F)s3)nc3cc(CN[C@@H](C)C(C)(C)C)ccc32)C1. The third-order valence-electron chi connectivity index (χ3n) is 7.24. The van der Waals surface area contributed by atoms with Gasteiger partial charge in [-0.1, -0.05) is 32.8 Å². The Morgan fingerprint density at radius 2 is 2.00 bits per heavy atom. The molecule has 0 aliphatic carbocycles. The van der Waals surface area contributed by atoms with Gasteiger partial charge in [-0.25, -0.2) is 13.8 Å². The summed E-state index contributed by atoms with van der Waals surface area (Å²) in [6.07, 6.45) is -1.06. The zero-order chi connectivity index (χ0) is 28.3. The predicted molar refractivity (Wildman–Crippen MR) is 151 cm³/mol. The Hall–Kier alpha value is -3.29. The van der Waals surface area contributed by atoms with Crippen LogP contribution >= 0.6 is 11.3 Å². The highest BCUT2D eigenvalue weighted by atomic mass is 32.1. The number of halogens is 2. The van der Waals surface area contributed by atoms with E-state index in [0.717, 1.165) is 35.3 Å². The van der Waals surface area contributed by atoms with E-state index in [9.17, 15) is 18.4 Å². The van der Waals surface area contributed by atoms with Crippen molar-refractivity contribution in [3.63, 3.8) is 0 Å². The van der Waals surface area contributed by atoms with Gasteiger partial charge in [0.1, 0.15) is 0 Å². The van der Waals surface area contributed by atoms with Crippen molar-refractivity contribution in [2.24, 2.45) is 5.41 Å². The lowest BCUT2D eigenvalue weighted by atomic mass is 9.88. The first-order valence-corrected chi connectivity index (χ1v) is 13.9. The van der Waals surface area contributed by atoms with Crippen molar-refractivity contribution in [1.82, 2.24) is 19.8 Å². The summed E-state index contributed by atoms with van der Waals surface area (Å²) in [7, 11) is 0. The summed E-state index contributed by atoms with van der Waals surface area (Å²) in [5.74, 6) is 4.89. The van der Waals surface area contributed by atoms with E-state index >= 15 is 0 Å². The van der Waals surface area contributed by atoms with Crippen molar-refractivity contribution >= 4 is 40.1 Å². The first kappa shape index (κ1) is 28.7. The fraction of sp³-hybridized carbons (Fsp3) is 0.483. The number of anilines is 1.